The van der Waals surface area contributed by atoms with Crippen LogP contribution in [0.15, 0.2) is 11.6 Å². The highest BCUT2D eigenvalue weighted by molar-refractivity contribution is 7.88. The smallest absolute Gasteiger partial charge is 0.209 e. The van der Waals surface area contributed by atoms with Crippen LogP contribution in [-0.2, 0) is 10.0 Å². The Morgan fingerprint density at radius 3 is 2.20 bits per heavy atom. The van der Waals surface area contributed by atoms with Crippen LogP contribution in [0.25, 0.3) is 0 Å². The van der Waals surface area contributed by atoms with Crippen molar-refractivity contribution in [1.29, 1.82) is 0 Å². The summed E-state index contributed by atoms with van der Waals surface area (Å²) in [6.45, 7) is 7.53. The van der Waals surface area contributed by atoms with Gasteiger partial charge in [-0.15, -0.1) is 0 Å². The fourth-order valence-corrected chi connectivity index (χ4v) is 1.91. The summed E-state index contributed by atoms with van der Waals surface area (Å²) in [6.07, 6.45) is 2.88. The van der Waals surface area contributed by atoms with E-state index >= 15 is 0 Å². The Morgan fingerprint density at radius 1 is 1.47 bits per heavy atom. The average Bonchev–Trinajstić information content (AvgIpc) is 1.98. The first-order valence-electron chi connectivity index (χ1n) is 4.81. The van der Waals surface area contributed by atoms with Gasteiger partial charge < -0.3 is 5.11 Å². The molecule has 0 aromatic carbocycles. The molecule has 15 heavy (non-hydrogen) atoms. The van der Waals surface area contributed by atoms with Crippen molar-refractivity contribution in [3.63, 3.8) is 0 Å². The van der Waals surface area contributed by atoms with Crippen LogP contribution < -0.4 is 4.72 Å². The van der Waals surface area contributed by atoms with Gasteiger partial charge in [0.25, 0.3) is 0 Å². The summed E-state index contributed by atoms with van der Waals surface area (Å²) in [5.74, 6) is 0. The highest BCUT2D eigenvalue weighted by Gasteiger charge is 2.25. The molecule has 0 fully saturated rings. The molecule has 0 spiro atoms. The molecule has 0 rings (SSSR count). The van der Waals surface area contributed by atoms with Gasteiger partial charge in [0.2, 0.25) is 10.0 Å². The molecular weight excluding hydrogens is 214 g/mol. The second-order valence-electron chi connectivity index (χ2n) is 4.90. The van der Waals surface area contributed by atoms with E-state index in [4.69, 9.17) is 5.11 Å². The van der Waals surface area contributed by atoms with E-state index in [0.717, 1.165) is 11.8 Å². The molecule has 0 amide bonds. The number of hydrogen-bond donors (Lipinski definition) is 2. The summed E-state index contributed by atoms with van der Waals surface area (Å²) >= 11 is 0. The first kappa shape index (κ1) is 14.6. The van der Waals surface area contributed by atoms with Crippen molar-refractivity contribution >= 4 is 10.0 Å². The lowest BCUT2D eigenvalue weighted by Gasteiger charge is -2.28. The second-order valence-corrected chi connectivity index (χ2v) is 6.68. The predicted molar refractivity (Wildman–Crippen MR) is 62.1 cm³/mol. The Bertz CT molecular complexity index is 325. The SMILES string of the molecule is C/C(=C\[C@@H](NS(C)(=O)=O)C(C)(C)C)CO. The average molecular weight is 235 g/mol. The van der Waals surface area contributed by atoms with E-state index in [1.165, 1.54) is 0 Å². The largest absolute Gasteiger partial charge is 0.392 e. The molecule has 0 saturated heterocycles. The Labute approximate surface area is 92.4 Å². The van der Waals surface area contributed by atoms with Crippen LogP contribution in [-0.4, -0.2) is 32.4 Å². The molecule has 0 bridgehead atoms. The zero-order valence-corrected chi connectivity index (χ0v) is 10.9. The highest BCUT2D eigenvalue weighted by atomic mass is 32.2. The molecule has 0 aliphatic heterocycles. The van der Waals surface area contributed by atoms with Crippen LogP contribution in [0.3, 0.4) is 0 Å². The molecule has 0 saturated carbocycles. The standard InChI is InChI=1S/C10H21NO3S/c1-8(7-12)6-9(10(2,3)4)11-15(5,13)14/h6,9,11-12H,7H2,1-5H3/b8-6+/t9-/m1/s1. The zero-order valence-electron chi connectivity index (χ0n) is 10.0. The number of hydrogen-bond acceptors (Lipinski definition) is 3. The fourth-order valence-electron chi connectivity index (χ4n) is 1.03. The van der Waals surface area contributed by atoms with Gasteiger partial charge in [-0.3, -0.25) is 0 Å². The molecule has 0 heterocycles. The number of sulfonamides is 1. The third-order valence-electron chi connectivity index (χ3n) is 1.97. The van der Waals surface area contributed by atoms with E-state index in [9.17, 15) is 8.42 Å². The lowest BCUT2D eigenvalue weighted by Crippen LogP contribution is -2.42. The number of aliphatic hydroxyl groups excluding tert-OH is 1. The van der Waals surface area contributed by atoms with Crippen LogP contribution in [0.5, 0.6) is 0 Å². The lowest BCUT2D eigenvalue weighted by molar-refractivity contribution is 0.320. The first-order valence-corrected chi connectivity index (χ1v) is 6.71. The van der Waals surface area contributed by atoms with Crippen molar-refractivity contribution in [3.8, 4) is 0 Å². The van der Waals surface area contributed by atoms with Crippen LogP contribution in [0.4, 0.5) is 0 Å². The van der Waals surface area contributed by atoms with Crippen molar-refractivity contribution in [2.45, 2.75) is 33.7 Å². The Morgan fingerprint density at radius 2 is 1.93 bits per heavy atom. The van der Waals surface area contributed by atoms with Crippen LogP contribution in [0, 0.1) is 5.41 Å². The quantitative estimate of drug-likeness (QED) is 0.711. The van der Waals surface area contributed by atoms with Gasteiger partial charge in [0.1, 0.15) is 0 Å². The molecule has 1 atom stereocenters. The Balaban J connectivity index is 4.93. The molecule has 4 nitrogen and oxygen atoms in total. The van der Waals surface area contributed by atoms with E-state index in [-0.39, 0.29) is 18.1 Å². The molecule has 0 aromatic heterocycles. The minimum absolute atomic E-state index is 0.0575. The summed E-state index contributed by atoms with van der Waals surface area (Å²) in [5, 5.41) is 8.90. The van der Waals surface area contributed by atoms with E-state index < -0.39 is 10.0 Å². The fraction of sp³-hybridized carbons (Fsp3) is 0.800. The molecule has 0 aromatic rings. The van der Waals surface area contributed by atoms with Gasteiger partial charge in [-0.05, 0) is 12.3 Å². The van der Waals surface area contributed by atoms with Crippen molar-refractivity contribution in [1.82, 2.24) is 4.72 Å². The summed E-state index contributed by atoms with van der Waals surface area (Å²) in [7, 11) is -3.24. The molecular formula is C10H21NO3S. The maximum atomic E-state index is 11.2. The van der Waals surface area contributed by atoms with E-state index in [0.29, 0.717) is 0 Å². The van der Waals surface area contributed by atoms with Gasteiger partial charge in [-0.25, -0.2) is 13.1 Å². The maximum absolute atomic E-state index is 11.2. The second kappa shape index (κ2) is 5.09. The zero-order chi connectivity index (χ0) is 12.3. The monoisotopic (exact) mass is 235 g/mol. The van der Waals surface area contributed by atoms with Crippen LogP contribution >= 0.6 is 0 Å². The van der Waals surface area contributed by atoms with E-state index in [2.05, 4.69) is 4.72 Å². The van der Waals surface area contributed by atoms with Gasteiger partial charge >= 0.3 is 0 Å². The summed E-state index contributed by atoms with van der Waals surface area (Å²) in [4.78, 5) is 0. The maximum Gasteiger partial charge on any atom is 0.209 e. The van der Waals surface area contributed by atoms with Crippen molar-refractivity contribution < 1.29 is 13.5 Å². The minimum Gasteiger partial charge on any atom is -0.392 e. The highest BCUT2D eigenvalue weighted by Crippen LogP contribution is 2.21. The first-order chi connectivity index (χ1) is 6.56. The topological polar surface area (TPSA) is 66.4 Å². The normalized spacial score (nSPS) is 16.5. The summed E-state index contributed by atoms with van der Waals surface area (Å²) < 4.78 is 24.9. The minimum atomic E-state index is -3.24. The third kappa shape index (κ3) is 6.65. The molecule has 90 valence electrons. The van der Waals surface area contributed by atoms with Crippen LogP contribution in [0.1, 0.15) is 27.7 Å². The van der Waals surface area contributed by atoms with Gasteiger partial charge in [-0.2, -0.15) is 0 Å². The summed E-state index contributed by atoms with van der Waals surface area (Å²) in [5.41, 5.74) is 0.533. The van der Waals surface area contributed by atoms with Gasteiger partial charge in [0, 0.05) is 6.04 Å². The molecule has 0 unspecified atom stereocenters. The van der Waals surface area contributed by atoms with Crippen LogP contribution in [0.2, 0.25) is 0 Å². The third-order valence-corrected chi connectivity index (χ3v) is 2.66. The number of nitrogens with one attached hydrogen (secondary N) is 1. The van der Waals surface area contributed by atoms with Crippen molar-refractivity contribution in [3.05, 3.63) is 11.6 Å². The lowest BCUT2D eigenvalue weighted by atomic mass is 9.86. The van der Waals surface area contributed by atoms with E-state index in [1.54, 1.807) is 13.0 Å². The van der Waals surface area contributed by atoms with Gasteiger partial charge in [0.15, 0.2) is 0 Å². The van der Waals surface area contributed by atoms with E-state index in [1.807, 2.05) is 20.8 Å². The molecule has 0 radical (unpaired) electrons. The van der Waals surface area contributed by atoms with Gasteiger partial charge in [-0.1, -0.05) is 32.4 Å². The molecule has 0 aliphatic rings. The van der Waals surface area contributed by atoms with Gasteiger partial charge in [0.05, 0.1) is 12.9 Å². The molecule has 0 aliphatic carbocycles. The van der Waals surface area contributed by atoms with Crippen molar-refractivity contribution in [2.75, 3.05) is 12.9 Å². The number of rotatable bonds is 4. The predicted octanol–water partition coefficient (Wildman–Crippen LogP) is 0.889. The molecule has 2 N–H and O–H groups in total. The summed E-state index contributed by atoms with van der Waals surface area (Å²) in [6, 6.07) is -0.306. The molecule has 5 heteroatoms. The van der Waals surface area contributed by atoms with Crippen molar-refractivity contribution in [2.24, 2.45) is 5.41 Å². The number of aliphatic hydroxyl groups is 1. The Kier molecular flexibility index (Phi) is 4.96. The Hall–Kier alpha value is -0.390.